The van der Waals surface area contributed by atoms with Gasteiger partial charge in [-0.05, 0) is 92.9 Å². The molecule has 4 bridgehead atoms. The number of primary amides is 1. The number of urea groups is 1. The topological polar surface area (TPSA) is 121 Å². The minimum absolute atomic E-state index is 0.00776. The van der Waals surface area contributed by atoms with Crippen LogP contribution in [0, 0.1) is 29.1 Å². The molecule has 10 heteroatoms. The molecule has 3 amide bonds. The largest absolute Gasteiger partial charge is 0.469 e. The molecular weight excluding hydrogens is 544 g/mol. The third kappa shape index (κ3) is 4.98. The van der Waals surface area contributed by atoms with Gasteiger partial charge in [0.2, 0.25) is 5.91 Å². The van der Waals surface area contributed by atoms with Crippen molar-refractivity contribution in [3.63, 3.8) is 0 Å². The lowest BCUT2D eigenvalue weighted by Crippen LogP contribution is -2.64. The van der Waals surface area contributed by atoms with Gasteiger partial charge in [0, 0.05) is 43.7 Å². The van der Waals surface area contributed by atoms with Crippen LogP contribution in [0.1, 0.15) is 51.4 Å². The number of esters is 1. The summed E-state index contributed by atoms with van der Waals surface area (Å²) in [5.41, 5.74) is 8.49. The van der Waals surface area contributed by atoms with Gasteiger partial charge >= 0.3 is 12.0 Å². The Morgan fingerprint density at radius 1 is 0.977 bits per heavy atom. The number of ether oxygens (including phenoxy) is 1. The molecule has 1 aromatic carbocycles. The van der Waals surface area contributed by atoms with Gasteiger partial charge in [0.15, 0.2) is 0 Å². The molecule has 43 heavy (non-hydrogen) atoms. The Bertz CT molecular complexity index is 1370. The third-order valence-electron chi connectivity index (χ3n) is 11.1. The molecule has 4 atom stereocenters. The van der Waals surface area contributed by atoms with Gasteiger partial charge in [-0.3, -0.25) is 19.5 Å². The van der Waals surface area contributed by atoms with Gasteiger partial charge in [0.25, 0.3) is 0 Å². The number of rotatable bonds is 6. The molecule has 4 unspecified atom stereocenters. The van der Waals surface area contributed by atoms with Crippen molar-refractivity contribution in [1.29, 1.82) is 0 Å². The van der Waals surface area contributed by atoms with E-state index in [4.69, 9.17) is 10.5 Å². The second-order valence-corrected chi connectivity index (χ2v) is 13.5. The molecule has 3 N–H and O–H groups in total. The third-order valence-corrected chi connectivity index (χ3v) is 11.1. The molecule has 5 fully saturated rings. The SMILES string of the molecule is COC(=O)CC1CCN(c2cccnc2)C(N2CCN(C(=O)NC3C4CC5CC3CC(C(N)=O)(C5)C4)c3ccccc32)C1. The summed E-state index contributed by atoms with van der Waals surface area (Å²) in [5.74, 6) is 1.04. The summed E-state index contributed by atoms with van der Waals surface area (Å²) in [6.07, 6.45) is 10.4. The first-order valence-electron chi connectivity index (χ1n) is 15.8. The number of para-hydroxylation sites is 2. The quantitative estimate of drug-likeness (QED) is 0.493. The molecule has 2 aliphatic heterocycles. The number of anilines is 3. The highest BCUT2D eigenvalue weighted by molar-refractivity contribution is 5.97. The number of carbonyl (C=O) groups is 3. The average Bonchev–Trinajstić information content (AvgIpc) is 3.02. The number of benzene rings is 1. The van der Waals surface area contributed by atoms with Gasteiger partial charge in [-0.15, -0.1) is 0 Å². The van der Waals surface area contributed by atoms with Gasteiger partial charge in [-0.25, -0.2) is 4.79 Å². The molecule has 6 aliphatic rings. The average molecular weight is 587 g/mol. The van der Waals surface area contributed by atoms with E-state index in [1.165, 1.54) is 7.11 Å². The molecule has 4 aliphatic carbocycles. The number of hydrogen-bond acceptors (Lipinski definition) is 7. The van der Waals surface area contributed by atoms with E-state index in [0.29, 0.717) is 37.3 Å². The summed E-state index contributed by atoms with van der Waals surface area (Å²) in [6, 6.07) is 12.2. The van der Waals surface area contributed by atoms with Crippen LogP contribution >= 0.6 is 0 Å². The molecule has 8 rings (SSSR count). The molecule has 3 heterocycles. The van der Waals surface area contributed by atoms with E-state index >= 15 is 0 Å². The fourth-order valence-corrected chi connectivity index (χ4v) is 9.33. The van der Waals surface area contributed by atoms with Gasteiger partial charge in [0.05, 0.1) is 30.4 Å². The van der Waals surface area contributed by atoms with Gasteiger partial charge < -0.3 is 25.6 Å². The summed E-state index contributed by atoms with van der Waals surface area (Å²) in [6.45, 7) is 2.03. The van der Waals surface area contributed by atoms with Crippen LogP contribution in [-0.2, 0) is 14.3 Å². The Morgan fingerprint density at radius 3 is 2.44 bits per heavy atom. The van der Waals surface area contributed by atoms with E-state index in [-0.39, 0.29) is 41.4 Å². The minimum atomic E-state index is -0.373. The van der Waals surface area contributed by atoms with Crippen LogP contribution in [0.15, 0.2) is 48.8 Å². The molecular formula is C33H42N6O4. The lowest BCUT2D eigenvalue weighted by molar-refractivity contribution is -0.145. The summed E-state index contributed by atoms with van der Waals surface area (Å²) in [7, 11) is 1.45. The van der Waals surface area contributed by atoms with E-state index in [2.05, 4.69) is 32.2 Å². The number of carbonyl (C=O) groups excluding carboxylic acids is 3. The highest BCUT2D eigenvalue weighted by Crippen LogP contribution is 2.60. The predicted octanol–water partition coefficient (Wildman–Crippen LogP) is 3.90. The maximum Gasteiger partial charge on any atom is 0.322 e. The van der Waals surface area contributed by atoms with E-state index < -0.39 is 0 Å². The van der Waals surface area contributed by atoms with E-state index in [0.717, 1.165) is 68.6 Å². The summed E-state index contributed by atoms with van der Waals surface area (Å²) in [5, 5.41) is 3.44. The molecule has 1 saturated heterocycles. The predicted molar refractivity (Wildman–Crippen MR) is 163 cm³/mol. The van der Waals surface area contributed by atoms with Crippen LogP contribution in [0.25, 0.3) is 0 Å². The molecule has 228 valence electrons. The molecule has 0 spiro atoms. The Balaban J connectivity index is 1.13. The highest BCUT2D eigenvalue weighted by atomic mass is 16.5. The first kappa shape index (κ1) is 28.0. The Morgan fingerprint density at radius 2 is 1.74 bits per heavy atom. The number of nitrogens with two attached hydrogens (primary N) is 1. The Kier molecular flexibility index (Phi) is 7.18. The maximum absolute atomic E-state index is 14.0. The lowest BCUT2D eigenvalue weighted by Gasteiger charge is -2.59. The number of pyridine rings is 1. The van der Waals surface area contributed by atoms with Crippen molar-refractivity contribution < 1.29 is 19.1 Å². The number of nitrogens with zero attached hydrogens (tertiary/aromatic N) is 4. The fourth-order valence-electron chi connectivity index (χ4n) is 9.33. The number of amides is 3. The van der Waals surface area contributed by atoms with Crippen molar-refractivity contribution >= 4 is 35.0 Å². The Hall–Kier alpha value is -3.82. The van der Waals surface area contributed by atoms with Crippen LogP contribution < -0.4 is 25.8 Å². The highest BCUT2D eigenvalue weighted by Gasteiger charge is 2.58. The summed E-state index contributed by atoms with van der Waals surface area (Å²) >= 11 is 0. The second kappa shape index (κ2) is 11.0. The molecule has 1 aromatic heterocycles. The first-order valence-corrected chi connectivity index (χ1v) is 15.8. The number of fused-ring (bicyclic) bond motifs is 1. The van der Waals surface area contributed by atoms with E-state index in [1.54, 1.807) is 6.20 Å². The number of nitrogens with one attached hydrogen (secondary N) is 1. The fraction of sp³-hybridized carbons (Fsp3) is 0.576. The minimum Gasteiger partial charge on any atom is -0.469 e. The van der Waals surface area contributed by atoms with Crippen molar-refractivity contribution in [1.82, 2.24) is 10.3 Å². The zero-order valence-electron chi connectivity index (χ0n) is 24.9. The Labute approximate surface area is 252 Å². The molecule has 2 aromatic rings. The van der Waals surface area contributed by atoms with Crippen molar-refractivity contribution in [2.45, 2.75) is 63.6 Å². The van der Waals surface area contributed by atoms with Gasteiger partial charge in [0.1, 0.15) is 6.17 Å². The number of methoxy groups -OCH3 is 1. The molecule has 4 saturated carbocycles. The summed E-state index contributed by atoms with van der Waals surface area (Å²) < 4.78 is 5.01. The zero-order valence-corrected chi connectivity index (χ0v) is 24.9. The molecule has 10 nitrogen and oxygen atoms in total. The smallest absolute Gasteiger partial charge is 0.322 e. The van der Waals surface area contributed by atoms with Crippen LogP contribution in [0.3, 0.4) is 0 Å². The first-order chi connectivity index (χ1) is 20.8. The van der Waals surface area contributed by atoms with Gasteiger partial charge in [-0.2, -0.15) is 0 Å². The van der Waals surface area contributed by atoms with Crippen LogP contribution in [0.4, 0.5) is 21.9 Å². The number of piperidine rings is 1. The van der Waals surface area contributed by atoms with Crippen LogP contribution in [0.5, 0.6) is 0 Å². The lowest BCUT2D eigenvalue weighted by atomic mass is 9.47. The normalized spacial score (nSPS) is 32.7. The number of hydrogen-bond donors (Lipinski definition) is 2. The van der Waals surface area contributed by atoms with Crippen LogP contribution in [0.2, 0.25) is 0 Å². The van der Waals surface area contributed by atoms with Crippen molar-refractivity contribution in [2.24, 2.45) is 34.8 Å². The van der Waals surface area contributed by atoms with Crippen LogP contribution in [-0.4, -0.2) is 61.8 Å². The second-order valence-electron chi connectivity index (χ2n) is 13.5. The van der Waals surface area contributed by atoms with Crippen molar-refractivity contribution in [3.05, 3.63) is 48.8 Å². The van der Waals surface area contributed by atoms with E-state index in [1.807, 2.05) is 35.4 Å². The monoisotopic (exact) mass is 586 g/mol. The van der Waals surface area contributed by atoms with Crippen molar-refractivity contribution in [3.8, 4) is 0 Å². The summed E-state index contributed by atoms with van der Waals surface area (Å²) in [4.78, 5) is 49.7. The standard InChI is InChI=1S/C33H42N6O4/c1-43-29(40)16-21-8-10-37(25-5-4-9-35-20-25)28(15-21)38-11-12-39(27-7-3-2-6-26(27)38)32(42)36-30-23-13-22-14-24(30)19-33(17-22,18-23)31(34)41/h2-7,9,20-24,28,30H,8,10-19H2,1H3,(H2,34,41)(H,36,42). The van der Waals surface area contributed by atoms with Crippen molar-refractivity contribution in [2.75, 3.05) is 41.4 Å². The molecule has 0 radical (unpaired) electrons. The van der Waals surface area contributed by atoms with Gasteiger partial charge in [-0.1, -0.05) is 12.1 Å². The number of aromatic nitrogens is 1. The zero-order chi connectivity index (χ0) is 29.7. The van der Waals surface area contributed by atoms with E-state index in [9.17, 15) is 14.4 Å². The maximum atomic E-state index is 14.0.